The van der Waals surface area contributed by atoms with Crippen LogP contribution in [-0.2, 0) is 13.1 Å². The quantitative estimate of drug-likeness (QED) is 0.869. The maximum atomic E-state index is 13.5. The van der Waals surface area contributed by atoms with Crippen LogP contribution < -0.4 is 0 Å². The van der Waals surface area contributed by atoms with E-state index >= 15 is 0 Å². The van der Waals surface area contributed by atoms with Gasteiger partial charge in [-0.25, -0.2) is 4.39 Å². The van der Waals surface area contributed by atoms with Crippen LogP contribution >= 0.6 is 0 Å². The summed E-state index contributed by atoms with van der Waals surface area (Å²) in [4.78, 5) is 2.06. The molecule has 0 bridgehead atoms. The van der Waals surface area contributed by atoms with Crippen LogP contribution in [-0.4, -0.2) is 23.7 Å². The minimum atomic E-state index is -0.372. The summed E-state index contributed by atoms with van der Waals surface area (Å²) in [5.74, 6) is 5.58. The number of furan rings is 1. The van der Waals surface area contributed by atoms with Gasteiger partial charge in [-0.15, -0.1) is 0 Å². The Bertz CT molecular complexity index is 611. The molecule has 1 aromatic carbocycles. The first-order chi connectivity index (χ1) is 9.69. The Morgan fingerprint density at radius 1 is 1.30 bits per heavy atom. The molecule has 0 radical (unpaired) electrons. The first-order valence-electron chi connectivity index (χ1n) is 6.28. The van der Waals surface area contributed by atoms with E-state index in [2.05, 4.69) is 16.7 Å². The van der Waals surface area contributed by atoms with Crippen molar-refractivity contribution in [3.05, 3.63) is 59.3 Å². The Labute approximate surface area is 117 Å². The Morgan fingerprint density at radius 2 is 2.15 bits per heavy atom. The lowest BCUT2D eigenvalue weighted by atomic mass is 10.1. The van der Waals surface area contributed by atoms with Gasteiger partial charge in [0.1, 0.15) is 18.2 Å². The third-order valence-corrected chi connectivity index (χ3v) is 2.79. The maximum Gasteiger partial charge on any atom is 0.138 e. The van der Waals surface area contributed by atoms with Crippen molar-refractivity contribution in [2.75, 3.05) is 13.7 Å². The van der Waals surface area contributed by atoms with E-state index in [4.69, 9.17) is 9.52 Å². The van der Waals surface area contributed by atoms with E-state index in [1.165, 1.54) is 6.07 Å². The average molecular weight is 273 g/mol. The number of halogens is 1. The molecular weight excluding hydrogens is 257 g/mol. The van der Waals surface area contributed by atoms with Crippen LogP contribution in [0.4, 0.5) is 4.39 Å². The van der Waals surface area contributed by atoms with E-state index in [-0.39, 0.29) is 12.4 Å². The molecule has 0 aliphatic rings. The summed E-state index contributed by atoms with van der Waals surface area (Å²) < 4.78 is 18.8. The topological polar surface area (TPSA) is 36.6 Å². The minimum absolute atomic E-state index is 0.276. The van der Waals surface area contributed by atoms with E-state index in [1.54, 1.807) is 18.4 Å². The standard InChI is InChI=1S/C16H16FNO2/c1-18(12-15-5-3-9-20-15)11-13-6-7-16(17)14(10-13)4-2-8-19/h3,5-7,9-10,19H,8,11-12H2,1H3. The van der Waals surface area contributed by atoms with Gasteiger partial charge in [0.25, 0.3) is 0 Å². The summed E-state index contributed by atoms with van der Waals surface area (Å²) in [5, 5.41) is 8.66. The van der Waals surface area contributed by atoms with Crippen molar-refractivity contribution in [3.8, 4) is 11.8 Å². The highest BCUT2D eigenvalue weighted by atomic mass is 19.1. The van der Waals surface area contributed by atoms with Gasteiger partial charge in [0.2, 0.25) is 0 Å². The van der Waals surface area contributed by atoms with E-state index in [0.29, 0.717) is 18.7 Å². The molecule has 0 fully saturated rings. The fourth-order valence-corrected chi connectivity index (χ4v) is 1.94. The molecule has 0 aliphatic carbocycles. The highest BCUT2D eigenvalue weighted by molar-refractivity contribution is 5.38. The summed E-state index contributed by atoms with van der Waals surface area (Å²) in [6, 6.07) is 8.61. The third kappa shape index (κ3) is 3.95. The van der Waals surface area contributed by atoms with Crippen LogP contribution in [0.25, 0.3) is 0 Å². The predicted octanol–water partition coefficient (Wildman–Crippen LogP) is 2.39. The van der Waals surface area contributed by atoms with Crippen molar-refractivity contribution in [2.45, 2.75) is 13.1 Å². The molecule has 1 aromatic heterocycles. The molecule has 20 heavy (non-hydrogen) atoms. The lowest BCUT2D eigenvalue weighted by Crippen LogP contribution is -2.17. The summed E-state index contributed by atoms with van der Waals surface area (Å²) in [6.07, 6.45) is 1.64. The number of hydrogen-bond acceptors (Lipinski definition) is 3. The zero-order chi connectivity index (χ0) is 14.4. The van der Waals surface area contributed by atoms with Crippen molar-refractivity contribution in [2.24, 2.45) is 0 Å². The van der Waals surface area contributed by atoms with Gasteiger partial charge in [0, 0.05) is 6.54 Å². The fraction of sp³-hybridized carbons (Fsp3) is 0.250. The fourth-order valence-electron chi connectivity index (χ4n) is 1.94. The van der Waals surface area contributed by atoms with Crippen LogP contribution in [0.5, 0.6) is 0 Å². The average Bonchev–Trinajstić information content (AvgIpc) is 2.92. The van der Waals surface area contributed by atoms with Gasteiger partial charge in [-0.2, -0.15) is 0 Å². The molecule has 1 N–H and O–H groups in total. The number of benzene rings is 1. The summed E-state index contributed by atoms with van der Waals surface area (Å²) in [5.41, 5.74) is 1.27. The Morgan fingerprint density at radius 3 is 2.85 bits per heavy atom. The Balaban J connectivity index is 2.05. The second-order valence-electron chi connectivity index (χ2n) is 4.53. The molecule has 0 saturated heterocycles. The van der Waals surface area contributed by atoms with Crippen LogP contribution in [0, 0.1) is 17.7 Å². The van der Waals surface area contributed by atoms with E-state index < -0.39 is 0 Å². The van der Waals surface area contributed by atoms with Crippen molar-refractivity contribution < 1.29 is 13.9 Å². The van der Waals surface area contributed by atoms with Gasteiger partial charge < -0.3 is 9.52 Å². The largest absolute Gasteiger partial charge is 0.468 e. The van der Waals surface area contributed by atoms with Crippen LogP contribution in [0.3, 0.4) is 0 Å². The first-order valence-corrected chi connectivity index (χ1v) is 6.28. The number of hydrogen-bond donors (Lipinski definition) is 1. The van der Waals surface area contributed by atoms with Crippen molar-refractivity contribution >= 4 is 0 Å². The first kappa shape index (κ1) is 14.3. The number of rotatable bonds is 4. The number of aliphatic hydroxyl groups excluding tert-OH is 1. The summed E-state index contributed by atoms with van der Waals surface area (Å²) >= 11 is 0. The van der Waals surface area contributed by atoms with E-state index in [1.807, 2.05) is 19.2 Å². The van der Waals surface area contributed by atoms with Gasteiger partial charge in [0.05, 0.1) is 18.4 Å². The normalized spacial score (nSPS) is 10.4. The molecule has 0 amide bonds. The van der Waals surface area contributed by atoms with Gasteiger partial charge >= 0.3 is 0 Å². The molecule has 4 heteroatoms. The molecule has 0 atom stereocenters. The zero-order valence-corrected chi connectivity index (χ0v) is 11.3. The maximum absolute atomic E-state index is 13.5. The molecule has 104 valence electrons. The highest BCUT2D eigenvalue weighted by Gasteiger charge is 2.06. The van der Waals surface area contributed by atoms with Crippen molar-refractivity contribution in [3.63, 3.8) is 0 Å². The van der Waals surface area contributed by atoms with Crippen LogP contribution in [0.1, 0.15) is 16.9 Å². The molecule has 3 nitrogen and oxygen atoms in total. The molecule has 0 spiro atoms. The Kier molecular flexibility index (Phi) is 4.94. The molecule has 2 rings (SSSR count). The summed E-state index contributed by atoms with van der Waals surface area (Å²) in [6.45, 7) is 1.07. The number of aliphatic hydroxyl groups is 1. The minimum Gasteiger partial charge on any atom is -0.468 e. The second kappa shape index (κ2) is 6.90. The predicted molar refractivity (Wildman–Crippen MR) is 74.2 cm³/mol. The molecular formula is C16H16FNO2. The molecule has 0 aliphatic heterocycles. The monoisotopic (exact) mass is 273 g/mol. The SMILES string of the molecule is CN(Cc1ccc(F)c(C#CCO)c1)Cc1ccco1. The van der Waals surface area contributed by atoms with Crippen molar-refractivity contribution in [1.29, 1.82) is 0 Å². The van der Waals surface area contributed by atoms with Gasteiger partial charge in [-0.3, -0.25) is 4.90 Å². The molecule has 2 aromatic rings. The van der Waals surface area contributed by atoms with Gasteiger partial charge in [0.15, 0.2) is 0 Å². The molecule has 1 heterocycles. The van der Waals surface area contributed by atoms with Gasteiger partial charge in [-0.05, 0) is 36.9 Å². The van der Waals surface area contributed by atoms with Crippen LogP contribution in [0.15, 0.2) is 41.0 Å². The van der Waals surface area contributed by atoms with Gasteiger partial charge in [-0.1, -0.05) is 17.9 Å². The number of nitrogens with zero attached hydrogens (tertiary/aromatic N) is 1. The zero-order valence-electron chi connectivity index (χ0n) is 11.3. The molecule has 0 saturated carbocycles. The highest BCUT2D eigenvalue weighted by Crippen LogP contribution is 2.13. The third-order valence-electron chi connectivity index (χ3n) is 2.79. The van der Waals surface area contributed by atoms with E-state index in [0.717, 1.165) is 11.3 Å². The van der Waals surface area contributed by atoms with E-state index in [9.17, 15) is 4.39 Å². The Hall–Kier alpha value is -2.09. The second-order valence-corrected chi connectivity index (χ2v) is 4.53. The summed E-state index contributed by atoms with van der Waals surface area (Å²) in [7, 11) is 1.96. The van der Waals surface area contributed by atoms with Crippen molar-refractivity contribution in [1.82, 2.24) is 4.90 Å². The lowest BCUT2D eigenvalue weighted by molar-refractivity contribution is 0.287. The smallest absolute Gasteiger partial charge is 0.138 e. The lowest BCUT2D eigenvalue weighted by Gasteiger charge is -2.15. The van der Waals surface area contributed by atoms with Crippen LogP contribution in [0.2, 0.25) is 0 Å². The molecule has 0 unspecified atom stereocenters.